The molecule has 0 spiro atoms. The van der Waals surface area contributed by atoms with Gasteiger partial charge in [0, 0.05) is 0 Å². The zero-order chi connectivity index (χ0) is 17.1. The SMILES string of the molecule is C[O+](C)C.F[B-](F)(F)F.F[B-](F)(F)F.F[B-](F)(F)F. The zero-order valence-corrected chi connectivity index (χ0v) is 9.68. The van der Waals surface area contributed by atoms with Crippen LogP contribution in [-0.2, 0) is 4.37 Å². The highest BCUT2D eigenvalue weighted by atomic mass is 19.5. The molecule has 19 heavy (non-hydrogen) atoms. The third kappa shape index (κ3) is 8650. The van der Waals surface area contributed by atoms with Crippen molar-refractivity contribution < 1.29 is 56.2 Å². The first-order chi connectivity index (χ1) is 7.73. The van der Waals surface area contributed by atoms with Gasteiger partial charge >= 0.3 is 21.8 Å². The number of rotatable bonds is 0. The summed E-state index contributed by atoms with van der Waals surface area (Å²) in [6.07, 6.45) is 0. The van der Waals surface area contributed by atoms with E-state index in [1.165, 1.54) is 0 Å². The summed E-state index contributed by atoms with van der Waals surface area (Å²) in [7, 11) is -12.2. The van der Waals surface area contributed by atoms with Gasteiger partial charge in [-0.05, 0) is 0 Å². The molecule has 0 saturated heterocycles. The fourth-order valence-electron chi connectivity index (χ4n) is 0. The summed E-state index contributed by atoms with van der Waals surface area (Å²) in [5, 5.41) is 0. The van der Waals surface area contributed by atoms with Crippen molar-refractivity contribution in [3.05, 3.63) is 0 Å². The van der Waals surface area contributed by atoms with Crippen molar-refractivity contribution in [3.63, 3.8) is 0 Å². The van der Waals surface area contributed by atoms with Crippen molar-refractivity contribution in [2.75, 3.05) is 21.3 Å². The van der Waals surface area contributed by atoms with Gasteiger partial charge in [0.05, 0.1) is 0 Å². The van der Waals surface area contributed by atoms with Crippen molar-refractivity contribution in [3.8, 4) is 0 Å². The lowest BCUT2D eigenvalue weighted by atomic mass is 10.3. The Morgan fingerprint density at radius 2 is 0.421 bits per heavy atom. The first-order valence-electron chi connectivity index (χ1n) is 3.84. The Bertz CT molecular complexity index is 133. The summed E-state index contributed by atoms with van der Waals surface area (Å²) in [5.74, 6) is 0. The van der Waals surface area contributed by atoms with E-state index in [1.54, 1.807) is 0 Å². The predicted molar refractivity (Wildman–Crippen MR) is 49.4 cm³/mol. The smallest absolute Gasteiger partial charge is 0.429 e. The molecule has 0 aromatic rings. The minimum absolute atomic E-state index is 1.92. The maximum atomic E-state index is 9.75. The molecule has 0 atom stereocenters. The van der Waals surface area contributed by atoms with Crippen LogP contribution in [0.25, 0.3) is 0 Å². The Hall–Kier alpha value is -0.685. The summed E-state index contributed by atoms with van der Waals surface area (Å²) in [4.78, 5) is 0. The molecule has 0 unspecified atom stereocenters. The maximum Gasteiger partial charge on any atom is 0.673 e. The Balaban J connectivity index is -0.0000000793. The summed E-state index contributed by atoms with van der Waals surface area (Å²) in [5.41, 5.74) is 0. The van der Waals surface area contributed by atoms with Crippen LogP contribution < -0.4 is 0 Å². The van der Waals surface area contributed by atoms with Crippen molar-refractivity contribution >= 4 is 21.8 Å². The summed E-state index contributed by atoms with van der Waals surface area (Å²) in [6, 6.07) is 0. The fraction of sp³-hybridized carbons (Fsp3) is 1.00. The molecule has 0 aliphatic carbocycles. The molecule has 16 heteroatoms. The monoisotopic (exact) mass is 322 g/mol. The summed E-state index contributed by atoms with van der Waals surface area (Å²) < 4.78 is 120. The molecule has 0 fully saturated rings. The van der Waals surface area contributed by atoms with Crippen LogP contribution in [0.4, 0.5) is 51.8 Å². The van der Waals surface area contributed by atoms with Gasteiger partial charge in [-0.25, -0.2) is 0 Å². The molecule has 0 bridgehead atoms. The third-order valence-corrected chi connectivity index (χ3v) is 0. The van der Waals surface area contributed by atoms with Crippen LogP contribution in [0.1, 0.15) is 0 Å². The van der Waals surface area contributed by atoms with Gasteiger partial charge in [0.15, 0.2) is 0 Å². The van der Waals surface area contributed by atoms with Crippen LogP contribution in [0, 0.1) is 0 Å². The average molecular weight is 322 g/mol. The van der Waals surface area contributed by atoms with Gasteiger partial charge in [-0.2, -0.15) is 0 Å². The summed E-state index contributed by atoms with van der Waals surface area (Å²) >= 11 is 0. The second-order valence-corrected chi connectivity index (χ2v) is 2.71. The van der Waals surface area contributed by atoms with Crippen LogP contribution in [0.15, 0.2) is 0 Å². The molecule has 0 aromatic heterocycles. The van der Waals surface area contributed by atoms with Crippen LogP contribution in [0.3, 0.4) is 0 Å². The minimum Gasteiger partial charge on any atom is -0.429 e. The zero-order valence-electron chi connectivity index (χ0n) is 9.68. The van der Waals surface area contributed by atoms with Crippen molar-refractivity contribution in [2.45, 2.75) is 0 Å². The fourth-order valence-corrected chi connectivity index (χ4v) is 0. The van der Waals surface area contributed by atoms with Gasteiger partial charge in [-0.1, -0.05) is 0 Å². The molecule has 0 aromatic carbocycles. The molecule has 122 valence electrons. The van der Waals surface area contributed by atoms with E-state index in [0.717, 1.165) is 0 Å². The molecule has 0 N–H and O–H groups in total. The number of halogens is 12. The quantitative estimate of drug-likeness (QED) is 0.355. The molecular weight excluding hydrogens is 312 g/mol. The van der Waals surface area contributed by atoms with E-state index >= 15 is 0 Å². The van der Waals surface area contributed by atoms with Crippen LogP contribution >= 0.6 is 0 Å². The van der Waals surface area contributed by atoms with Crippen LogP contribution in [-0.4, -0.2) is 43.1 Å². The molecule has 0 aliphatic rings. The number of hydrogen-bond acceptors (Lipinski definition) is 0. The van der Waals surface area contributed by atoms with Gasteiger partial charge in [0.25, 0.3) is 0 Å². The largest absolute Gasteiger partial charge is 0.673 e. The Morgan fingerprint density at radius 3 is 0.421 bits per heavy atom. The third-order valence-electron chi connectivity index (χ3n) is 0. The predicted octanol–water partition coefficient (Wildman–Crippen LogP) is 4.33. The number of hydrogen-bond donors (Lipinski definition) is 0. The first kappa shape index (κ1) is 26.8. The first-order valence-corrected chi connectivity index (χ1v) is 3.84. The van der Waals surface area contributed by atoms with E-state index < -0.39 is 21.8 Å². The molecular formula is C3H9B3F12O-2. The Kier molecular flexibility index (Phi) is 15.7. The van der Waals surface area contributed by atoms with E-state index in [1.807, 2.05) is 21.3 Å². The Morgan fingerprint density at radius 1 is 0.421 bits per heavy atom. The van der Waals surface area contributed by atoms with E-state index in [4.69, 9.17) is 0 Å². The van der Waals surface area contributed by atoms with Crippen LogP contribution in [0.2, 0.25) is 0 Å². The summed E-state index contributed by atoms with van der Waals surface area (Å²) in [6.45, 7) is 0. The molecule has 1 nitrogen and oxygen atoms in total. The van der Waals surface area contributed by atoms with Gasteiger partial charge in [-0.15, -0.1) is 0 Å². The Labute approximate surface area is 100 Å². The van der Waals surface area contributed by atoms with Crippen molar-refractivity contribution in [2.24, 2.45) is 0 Å². The van der Waals surface area contributed by atoms with Gasteiger partial charge in [0.1, 0.15) is 21.3 Å². The second-order valence-electron chi connectivity index (χ2n) is 2.71. The van der Waals surface area contributed by atoms with Gasteiger partial charge < -0.3 is 56.2 Å². The molecule has 0 aliphatic heterocycles. The highest BCUT2D eigenvalue weighted by Crippen LogP contribution is 2.07. The topological polar surface area (TPSA) is 2.70 Å². The lowest BCUT2D eigenvalue weighted by Crippen LogP contribution is -2.02. The van der Waals surface area contributed by atoms with Gasteiger partial charge in [-0.3, -0.25) is 0 Å². The van der Waals surface area contributed by atoms with Gasteiger partial charge in [0.2, 0.25) is 0 Å². The van der Waals surface area contributed by atoms with Crippen molar-refractivity contribution in [1.29, 1.82) is 0 Å². The molecule has 0 radical (unpaired) electrons. The second kappa shape index (κ2) is 11.2. The molecule has 0 saturated carbocycles. The van der Waals surface area contributed by atoms with Crippen LogP contribution in [0.5, 0.6) is 0 Å². The normalized spacial score (nSPS) is 11.4. The standard InChI is InChI=1S/C3H9O.3BF4/c1-4(2)3;3*2-1(3,4)5/h1-3H3;;;/q+1;3*-1. The van der Waals surface area contributed by atoms with E-state index in [9.17, 15) is 51.8 Å². The maximum absolute atomic E-state index is 9.75. The highest BCUT2D eigenvalue weighted by molar-refractivity contribution is 6.50. The molecule has 0 amide bonds. The average Bonchev–Trinajstić information content (AvgIpc) is 1.66. The lowest BCUT2D eigenvalue weighted by Gasteiger charge is -1.94. The molecule has 0 rings (SSSR count). The lowest BCUT2D eigenvalue weighted by molar-refractivity contribution is -0.00282. The van der Waals surface area contributed by atoms with Crippen molar-refractivity contribution in [1.82, 2.24) is 0 Å². The highest BCUT2D eigenvalue weighted by Gasteiger charge is 2.21. The van der Waals surface area contributed by atoms with E-state index in [2.05, 4.69) is 4.37 Å². The van der Waals surface area contributed by atoms with E-state index in [0.29, 0.717) is 0 Å². The minimum atomic E-state index is -6.00. The van der Waals surface area contributed by atoms with E-state index in [-0.39, 0.29) is 0 Å². The molecule has 0 heterocycles.